The van der Waals surface area contributed by atoms with Crippen LogP contribution in [-0.2, 0) is 10.0 Å². The highest BCUT2D eigenvalue weighted by Gasteiger charge is 2.22. The molecule has 1 aliphatic heterocycles. The van der Waals surface area contributed by atoms with Crippen LogP contribution in [-0.4, -0.2) is 44.3 Å². The van der Waals surface area contributed by atoms with E-state index in [1.807, 2.05) is 11.8 Å². The Morgan fingerprint density at radius 1 is 1.25 bits per heavy atom. The topological polar surface area (TPSA) is 58.2 Å². The van der Waals surface area contributed by atoms with Crippen molar-refractivity contribution in [2.75, 3.05) is 24.6 Å². The van der Waals surface area contributed by atoms with E-state index >= 15 is 0 Å². The first kappa shape index (κ1) is 12.7. The van der Waals surface area contributed by atoms with E-state index in [0.717, 1.165) is 6.42 Å². The lowest BCUT2D eigenvalue weighted by molar-refractivity contribution is 0.574. The highest BCUT2D eigenvalue weighted by molar-refractivity contribution is 8.00. The molecule has 0 aromatic heterocycles. The maximum Gasteiger partial charge on any atom is 0.212 e. The first-order chi connectivity index (χ1) is 7.66. The van der Waals surface area contributed by atoms with Crippen molar-refractivity contribution >= 4 is 21.8 Å². The van der Waals surface area contributed by atoms with E-state index in [1.165, 1.54) is 25.0 Å². The maximum absolute atomic E-state index is 11.6. The van der Waals surface area contributed by atoms with E-state index in [2.05, 4.69) is 10.0 Å². The van der Waals surface area contributed by atoms with E-state index in [4.69, 9.17) is 0 Å². The summed E-state index contributed by atoms with van der Waals surface area (Å²) >= 11 is 1.88. The van der Waals surface area contributed by atoms with E-state index in [9.17, 15) is 8.42 Å². The number of sulfonamides is 1. The molecule has 1 saturated heterocycles. The second-order valence-electron chi connectivity index (χ2n) is 4.53. The first-order valence-corrected chi connectivity index (χ1v) is 8.68. The molecule has 0 aromatic carbocycles. The van der Waals surface area contributed by atoms with E-state index in [0.29, 0.717) is 24.4 Å². The van der Waals surface area contributed by atoms with Crippen LogP contribution in [0.25, 0.3) is 0 Å². The molecule has 1 aliphatic carbocycles. The Morgan fingerprint density at radius 2 is 2.06 bits per heavy atom. The molecule has 0 radical (unpaired) electrons. The van der Waals surface area contributed by atoms with Crippen molar-refractivity contribution in [1.82, 2.24) is 10.0 Å². The van der Waals surface area contributed by atoms with Gasteiger partial charge in [-0.25, -0.2) is 13.1 Å². The summed E-state index contributed by atoms with van der Waals surface area (Å²) in [6, 6.07) is 0.584. The summed E-state index contributed by atoms with van der Waals surface area (Å²) in [6.07, 6.45) is 4.77. The SMILES string of the molecule is O=S(=O)(CCNC1CC1)NCC1CCCS1. The molecule has 1 heterocycles. The van der Waals surface area contributed by atoms with Gasteiger partial charge in [-0.3, -0.25) is 0 Å². The minimum absolute atomic E-state index is 0.209. The Morgan fingerprint density at radius 3 is 2.69 bits per heavy atom. The number of nitrogens with one attached hydrogen (secondary N) is 2. The molecule has 2 rings (SSSR count). The quantitative estimate of drug-likeness (QED) is 0.705. The molecule has 0 amide bonds. The largest absolute Gasteiger partial charge is 0.313 e. The third-order valence-corrected chi connectivity index (χ3v) is 5.68. The summed E-state index contributed by atoms with van der Waals surface area (Å²) in [5.41, 5.74) is 0. The summed E-state index contributed by atoms with van der Waals surface area (Å²) in [5.74, 6) is 1.39. The number of hydrogen-bond donors (Lipinski definition) is 2. The highest BCUT2D eigenvalue weighted by Crippen LogP contribution is 2.25. The molecule has 1 saturated carbocycles. The van der Waals surface area contributed by atoms with Gasteiger partial charge >= 0.3 is 0 Å². The molecule has 0 bridgehead atoms. The van der Waals surface area contributed by atoms with E-state index in [-0.39, 0.29) is 5.75 Å². The minimum Gasteiger partial charge on any atom is -0.313 e. The zero-order valence-electron chi connectivity index (χ0n) is 9.44. The third-order valence-electron chi connectivity index (χ3n) is 2.94. The third kappa shape index (κ3) is 4.61. The molecular weight excluding hydrogens is 244 g/mol. The molecule has 1 unspecified atom stereocenters. The molecule has 0 spiro atoms. The van der Waals surface area contributed by atoms with Gasteiger partial charge in [0.05, 0.1) is 5.75 Å². The summed E-state index contributed by atoms with van der Waals surface area (Å²) in [7, 11) is -3.06. The molecule has 2 fully saturated rings. The Hall–Kier alpha value is 0.220. The Labute approximate surface area is 102 Å². The molecule has 2 N–H and O–H groups in total. The van der Waals surface area contributed by atoms with Gasteiger partial charge in [-0.15, -0.1) is 0 Å². The standard InChI is InChI=1S/C10H20N2O2S2/c13-16(14,7-5-11-9-3-4-9)12-8-10-2-1-6-15-10/h9-12H,1-8H2. The minimum atomic E-state index is -3.06. The first-order valence-electron chi connectivity index (χ1n) is 5.98. The fourth-order valence-corrected chi connectivity index (χ4v) is 4.07. The van der Waals surface area contributed by atoms with Crippen molar-refractivity contribution in [3.63, 3.8) is 0 Å². The smallest absolute Gasteiger partial charge is 0.212 e. The van der Waals surface area contributed by atoms with Crippen molar-refractivity contribution < 1.29 is 8.42 Å². The number of thioether (sulfide) groups is 1. The van der Waals surface area contributed by atoms with Crippen LogP contribution >= 0.6 is 11.8 Å². The fraction of sp³-hybridized carbons (Fsp3) is 1.00. The van der Waals surface area contributed by atoms with Gasteiger partial charge in [0.15, 0.2) is 0 Å². The Bertz CT molecular complexity index is 309. The van der Waals surface area contributed by atoms with Crippen LogP contribution in [0.4, 0.5) is 0 Å². The van der Waals surface area contributed by atoms with Gasteiger partial charge in [0.2, 0.25) is 10.0 Å². The number of rotatable bonds is 7. The second kappa shape index (κ2) is 5.71. The van der Waals surface area contributed by atoms with Crippen molar-refractivity contribution in [2.45, 2.75) is 37.0 Å². The molecule has 0 aromatic rings. The molecule has 4 nitrogen and oxygen atoms in total. The van der Waals surface area contributed by atoms with Crippen LogP contribution in [0.2, 0.25) is 0 Å². The number of hydrogen-bond acceptors (Lipinski definition) is 4. The van der Waals surface area contributed by atoms with Gasteiger partial charge in [-0.2, -0.15) is 11.8 Å². The fourth-order valence-electron chi connectivity index (χ4n) is 1.78. The summed E-state index contributed by atoms with van der Waals surface area (Å²) in [6.45, 7) is 1.19. The Balaban J connectivity index is 1.61. The van der Waals surface area contributed by atoms with Gasteiger partial charge < -0.3 is 5.32 Å². The zero-order chi connectivity index (χ0) is 11.4. The summed E-state index contributed by atoms with van der Waals surface area (Å²) in [4.78, 5) is 0. The second-order valence-corrected chi connectivity index (χ2v) is 7.87. The van der Waals surface area contributed by atoms with Gasteiger partial charge in [0.25, 0.3) is 0 Å². The van der Waals surface area contributed by atoms with Crippen molar-refractivity contribution in [2.24, 2.45) is 0 Å². The van der Waals surface area contributed by atoms with Gasteiger partial charge in [-0.1, -0.05) is 0 Å². The van der Waals surface area contributed by atoms with Gasteiger partial charge in [-0.05, 0) is 31.4 Å². The molecule has 94 valence electrons. The van der Waals surface area contributed by atoms with Gasteiger partial charge in [0.1, 0.15) is 0 Å². The molecule has 2 aliphatic rings. The monoisotopic (exact) mass is 264 g/mol. The molecule has 1 atom stereocenters. The van der Waals surface area contributed by atoms with Gasteiger partial charge in [0, 0.05) is 24.4 Å². The average Bonchev–Trinajstić information content (AvgIpc) is 2.91. The summed E-state index contributed by atoms with van der Waals surface area (Å²) < 4.78 is 26.0. The van der Waals surface area contributed by atoms with Crippen molar-refractivity contribution in [1.29, 1.82) is 0 Å². The predicted octanol–water partition coefficient (Wildman–Crippen LogP) is 0.553. The zero-order valence-corrected chi connectivity index (χ0v) is 11.1. The lowest BCUT2D eigenvalue weighted by Gasteiger charge is -2.11. The summed E-state index contributed by atoms with van der Waals surface area (Å²) in [5, 5.41) is 3.71. The van der Waals surface area contributed by atoms with E-state index in [1.54, 1.807) is 0 Å². The molecule has 16 heavy (non-hydrogen) atoms. The van der Waals surface area contributed by atoms with Crippen molar-refractivity contribution in [3.05, 3.63) is 0 Å². The van der Waals surface area contributed by atoms with Crippen LogP contribution in [0.15, 0.2) is 0 Å². The lowest BCUT2D eigenvalue weighted by Crippen LogP contribution is -2.35. The lowest BCUT2D eigenvalue weighted by atomic mass is 10.2. The highest BCUT2D eigenvalue weighted by atomic mass is 32.2. The van der Waals surface area contributed by atoms with E-state index < -0.39 is 10.0 Å². The average molecular weight is 264 g/mol. The van der Waals surface area contributed by atoms with Crippen LogP contribution in [0.1, 0.15) is 25.7 Å². The van der Waals surface area contributed by atoms with Crippen molar-refractivity contribution in [3.8, 4) is 0 Å². The van der Waals surface area contributed by atoms with Crippen LogP contribution < -0.4 is 10.0 Å². The van der Waals surface area contributed by atoms with Crippen LogP contribution in [0.5, 0.6) is 0 Å². The van der Waals surface area contributed by atoms with Crippen LogP contribution in [0, 0.1) is 0 Å². The molecule has 6 heteroatoms. The molecular formula is C10H20N2O2S2. The normalized spacial score (nSPS) is 26.1. The van der Waals surface area contributed by atoms with Crippen LogP contribution in [0.3, 0.4) is 0 Å². The Kier molecular flexibility index (Phi) is 4.52. The maximum atomic E-state index is 11.6. The predicted molar refractivity (Wildman–Crippen MR) is 68.3 cm³/mol.